The van der Waals surface area contributed by atoms with Gasteiger partial charge in [0.25, 0.3) is 5.56 Å². The summed E-state index contributed by atoms with van der Waals surface area (Å²) in [6.07, 6.45) is 1.55. The van der Waals surface area contributed by atoms with Crippen molar-refractivity contribution in [2.45, 2.75) is 0 Å². The molecule has 0 aliphatic rings. The third-order valence-corrected chi connectivity index (χ3v) is 2.96. The maximum absolute atomic E-state index is 11.8. The fourth-order valence-corrected chi connectivity index (χ4v) is 2.25. The number of nitrogens with two attached hydrogens (primary N) is 1. The summed E-state index contributed by atoms with van der Waals surface area (Å²) in [5, 5.41) is 0. The van der Waals surface area contributed by atoms with Crippen LogP contribution in [0, 0.1) is 0 Å². The van der Waals surface area contributed by atoms with E-state index in [1.807, 2.05) is 0 Å². The van der Waals surface area contributed by atoms with Gasteiger partial charge < -0.3 is 5.84 Å². The highest BCUT2D eigenvalue weighted by Crippen LogP contribution is 2.20. The smallest absolute Gasteiger partial charge is 0.331 e. The van der Waals surface area contributed by atoms with Gasteiger partial charge in [-0.1, -0.05) is 0 Å². The molecule has 0 aliphatic carbocycles. The first-order valence-corrected chi connectivity index (χ1v) is 4.96. The Bertz CT molecular complexity index is 664. The van der Waals surface area contributed by atoms with Crippen molar-refractivity contribution in [3.05, 3.63) is 31.5 Å². The Balaban J connectivity index is 3.26. The molecule has 2 aromatic heterocycles. The molecule has 0 amide bonds. The zero-order chi connectivity index (χ0) is 11.3. The van der Waals surface area contributed by atoms with E-state index in [1.165, 1.54) is 16.3 Å². The van der Waals surface area contributed by atoms with E-state index in [9.17, 15) is 9.59 Å². The summed E-state index contributed by atoms with van der Waals surface area (Å²) in [7, 11) is 3.01. The second-order valence-electron chi connectivity index (χ2n) is 3.29. The van der Waals surface area contributed by atoms with E-state index in [4.69, 9.17) is 5.84 Å². The third kappa shape index (κ3) is 1.16. The number of hydrogen-bond donors (Lipinski definition) is 1. The summed E-state index contributed by atoms with van der Waals surface area (Å²) in [5.41, 5.74) is 0.0257. The second-order valence-corrected chi connectivity index (χ2v) is 4.14. The summed E-state index contributed by atoms with van der Waals surface area (Å²) in [6, 6.07) is 0. The van der Waals surface area contributed by atoms with E-state index in [2.05, 4.69) is 15.9 Å². The normalized spacial score (nSPS) is 11.1. The number of fused-ring (bicyclic) bond motifs is 1. The SMILES string of the molecule is Cn1c(=O)c2c(c(Br)cn2N)n(C)c1=O. The van der Waals surface area contributed by atoms with Crippen molar-refractivity contribution >= 4 is 27.0 Å². The van der Waals surface area contributed by atoms with E-state index in [0.717, 1.165) is 4.57 Å². The van der Waals surface area contributed by atoms with E-state index in [-0.39, 0.29) is 5.69 Å². The first kappa shape index (κ1) is 10.0. The zero-order valence-electron chi connectivity index (χ0n) is 8.19. The van der Waals surface area contributed by atoms with Crippen molar-refractivity contribution in [1.29, 1.82) is 0 Å². The molecule has 7 heteroatoms. The van der Waals surface area contributed by atoms with Crippen LogP contribution in [-0.4, -0.2) is 13.8 Å². The van der Waals surface area contributed by atoms with Crippen LogP contribution in [0.15, 0.2) is 20.3 Å². The molecule has 0 radical (unpaired) electrons. The van der Waals surface area contributed by atoms with Crippen molar-refractivity contribution in [3.8, 4) is 0 Å². The number of nitrogens with zero attached hydrogens (tertiary/aromatic N) is 3. The van der Waals surface area contributed by atoms with Gasteiger partial charge in [0.15, 0.2) is 5.52 Å². The lowest BCUT2D eigenvalue weighted by Crippen LogP contribution is -2.38. The molecule has 0 unspecified atom stereocenters. The van der Waals surface area contributed by atoms with Gasteiger partial charge in [-0.15, -0.1) is 0 Å². The molecular formula is C8H9BrN4O2. The summed E-state index contributed by atoms with van der Waals surface area (Å²) < 4.78 is 4.24. The molecule has 2 heterocycles. The molecule has 0 spiro atoms. The molecule has 0 aromatic carbocycles. The van der Waals surface area contributed by atoms with Crippen LogP contribution in [-0.2, 0) is 14.1 Å². The molecule has 15 heavy (non-hydrogen) atoms. The number of aromatic nitrogens is 3. The molecule has 0 atom stereocenters. The zero-order valence-corrected chi connectivity index (χ0v) is 9.78. The second kappa shape index (κ2) is 2.99. The predicted molar refractivity (Wildman–Crippen MR) is 60.3 cm³/mol. The molecule has 2 aromatic rings. The Morgan fingerprint density at radius 2 is 1.80 bits per heavy atom. The fraction of sp³-hybridized carbons (Fsp3) is 0.250. The fourth-order valence-electron chi connectivity index (χ4n) is 1.58. The van der Waals surface area contributed by atoms with E-state index < -0.39 is 5.56 Å². The van der Waals surface area contributed by atoms with Crippen LogP contribution in [0.3, 0.4) is 0 Å². The minimum atomic E-state index is -0.402. The van der Waals surface area contributed by atoms with Gasteiger partial charge in [0.1, 0.15) is 0 Å². The molecule has 2 N–H and O–H groups in total. The monoisotopic (exact) mass is 272 g/mol. The first-order chi connectivity index (χ1) is 6.95. The number of nitrogen functional groups attached to an aromatic ring is 1. The van der Waals surface area contributed by atoms with Gasteiger partial charge in [-0.2, -0.15) is 0 Å². The van der Waals surface area contributed by atoms with Gasteiger partial charge >= 0.3 is 5.69 Å². The van der Waals surface area contributed by atoms with Crippen molar-refractivity contribution < 1.29 is 0 Å². The third-order valence-electron chi connectivity index (χ3n) is 2.38. The average molecular weight is 273 g/mol. The van der Waals surface area contributed by atoms with Crippen LogP contribution >= 0.6 is 15.9 Å². The Morgan fingerprint density at radius 1 is 1.20 bits per heavy atom. The number of hydrogen-bond acceptors (Lipinski definition) is 3. The summed E-state index contributed by atoms with van der Waals surface area (Å²) in [6.45, 7) is 0. The Hall–Kier alpha value is -1.50. The van der Waals surface area contributed by atoms with Gasteiger partial charge in [0.2, 0.25) is 0 Å². The van der Waals surface area contributed by atoms with Gasteiger partial charge in [-0.3, -0.25) is 18.6 Å². The van der Waals surface area contributed by atoms with Gasteiger partial charge in [-0.25, -0.2) is 4.79 Å². The van der Waals surface area contributed by atoms with Gasteiger partial charge in [0.05, 0.1) is 9.99 Å². The van der Waals surface area contributed by atoms with Crippen molar-refractivity contribution in [2.24, 2.45) is 14.1 Å². The van der Waals surface area contributed by atoms with Crippen molar-refractivity contribution in [3.63, 3.8) is 0 Å². The van der Waals surface area contributed by atoms with Gasteiger partial charge in [-0.05, 0) is 15.9 Å². The summed E-state index contributed by atoms with van der Waals surface area (Å²) in [4.78, 5) is 23.4. The highest BCUT2D eigenvalue weighted by molar-refractivity contribution is 9.10. The van der Waals surface area contributed by atoms with E-state index in [1.54, 1.807) is 13.2 Å². The maximum Gasteiger partial charge on any atom is 0.331 e. The molecule has 0 aliphatic heterocycles. The van der Waals surface area contributed by atoms with Crippen LogP contribution in [0.4, 0.5) is 0 Å². The predicted octanol–water partition coefficient (Wildman–Crippen LogP) is -0.485. The topological polar surface area (TPSA) is 75.0 Å². The molecule has 0 saturated heterocycles. The highest BCUT2D eigenvalue weighted by atomic mass is 79.9. The van der Waals surface area contributed by atoms with Crippen LogP contribution < -0.4 is 17.1 Å². The lowest BCUT2D eigenvalue weighted by molar-refractivity contribution is 0.709. The Morgan fingerprint density at radius 3 is 2.40 bits per heavy atom. The number of halogens is 1. The molecule has 2 rings (SSSR count). The molecule has 0 saturated carbocycles. The van der Waals surface area contributed by atoms with E-state index >= 15 is 0 Å². The summed E-state index contributed by atoms with van der Waals surface area (Å²) >= 11 is 3.25. The van der Waals surface area contributed by atoms with Crippen LogP contribution in [0.2, 0.25) is 0 Å². The Labute approximate surface area is 92.6 Å². The number of aryl methyl sites for hydroxylation is 1. The largest absolute Gasteiger partial charge is 0.339 e. The first-order valence-electron chi connectivity index (χ1n) is 4.16. The number of rotatable bonds is 0. The van der Waals surface area contributed by atoms with Crippen LogP contribution in [0.1, 0.15) is 0 Å². The molecule has 0 bridgehead atoms. The molecular weight excluding hydrogens is 264 g/mol. The molecule has 6 nitrogen and oxygen atoms in total. The summed E-state index contributed by atoms with van der Waals surface area (Å²) in [5.74, 6) is 5.62. The molecule has 0 fully saturated rings. The van der Waals surface area contributed by atoms with Crippen molar-refractivity contribution in [2.75, 3.05) is 5.84 Å². The minimum Gasteiger partial charge on any atom is -0.339 e. The Kier molecular flexibility index (Phi) is 2.00. The maximum atomic E-state index is 11.8. The quantitative estimate of drug-likeness (QED) is 0.658. The van der Waals surface area contributed by atoms with Crippen molar-refractivity contribution in [1.82, 2.24) is 13.8 Å². The lowest BCUT2D eigenvalue weighted by atomic mass is 10.4. The average Bonchev–Trinajstić information content (AvgIpc) is 2.47. The lowest BCUT2D eigenvalue weighted by Gasteiger charge is -2.04. The van der Waals surface area contributed by atoms with E-state index in [0.29, 0.717) is 15.5 Å². The van der Waals surface area contributed by atoms with Gasteiger partial charge in [0, 0.05) is 20.3 Å². The van der Waals surface area contributed by atoms with Crippen LogP contribution in [0.25, 0.3) is 11.0 Å². The highest BCUT2D eigenvalue weighted by Gasteiger charge is 2.15. The van der Waals surface area contributed by atoms with Crippen LogP contribution in [0.5, 0.6) is 0 Å². The minimum absolute atomic E-state index is 0.298. The standard InChI is InChI=1S/C8H9BrN4O2/c1-11-5-4(9)3-13(10)6(5)7(14)12(2)8(11)15/h3H,10H2,1-2H3. The molecule has 80 valence electrons.